The molecule has 1 aromatic heterocycles. The molecule has 0 atom stereocenters. The molecule has 0 spiro atoms. The van der Waals surface area contributed by atoms with Gasteiger partial charge in [0.1, 0.15) is 5.60 Å². The van der Waals surface area contributed by atoms with E-state index in [-0.39, 0.29) is 29.7 Å². The van der Waals surface area contributed by atoms with Crippen LogP contribution in [-0.4, -0.2) is 68.5 Å². The van der Waals surface area contributed by atoms with Gasteiger partial charge >= 0.3 is 6.09 Å². The number of carbonyl (C=O) groups is 2. The molecule has 1 N–H and O–H groups in total. The van der Waals surface area contributed by atoms with Crippen molar-refractivity contribution in [2.45, 2.75) is 45.3 Å². The molecular formula is C17H26N4O4. The van der Waals surface area contributed by atoms with Gasteiger partial charge in [-0.15, -0.1) is 0 Å². The van der Waals surface area contributed by atoms with Gasteiger partial charge in [0, 0.05) is 26.2 Å². The van der Waals surface area contributed by atoms with E-state index in [1.165, 1.54) is 6.20 Å². The lowest BCUT2D eigenvalue weighted by molar-refractivity contribution is -0.141. The molecule has 0 radical (unpaired) electrons. The van der Waals surface area contributed by atoms with Crippen LogP contribution in [0.2, 0.25) is 0 Å². The van der Waals surface area contributed by atoms with Crippen LogP contribution in [0.4, 0.5) is 4.79 Å². The first-order valence-corrected chi connectivity index (χ1v) is 8.73. The lowest BCUT2D eigenvalue weighted by atomic mass is 9.96. The predicted molar refractivity (Wildman–Crippen MR) is 90.0 cm³/mol. The molecule has 0 aromatic carbocycles. The Labute approximate surface area is 147 Å². The van der Waals surface area contributed by atoms with Crippen LogP contribution in [0, 0.1) is 5.92 Å². The van der Waals surface area contributed by atoms with Gasteiger partial charge in [-0.3, -0.25) is 9.48 Å². The van der Waals surface area contributed by atoms with Crippen LogP contribution in [0.5, 0.6) is 5.75 Å². The molecule has 0 aliphatic carbocycles. The Morgan fingerprint density at radius 1 is 1.20 bits per heavy atom. The zero-order chi connectivity index (χ0) is 18.2. The number of aromatic nitrogens is 2. The first-order chi connectivity index (χ1) is 11.7. The summed E-state index contributed by atoms with van der Waals surface area (Å²) in [5.74, 6) is 0.148. The highest BCUT2D eigenvalue weighted by Crippen LogP contribution is 2.27. The Bertz CT molecular complexity index is 637. The summed E-state index contributed by atoms with van der Waals surface area (Å²) < 4.78 is 7.08. The maximum atomic E-state index is 12.6. The number of carbonyl (C=O) groups excluding carboxylic acids is 2. The minimum absolute atomic E-state index is 0.113. The fourth-order valence-electron chi connectivity index (χ4n) is 3.25. The van der Waals surface area contributed by atoms with Crippen molar-refractivity contribution < 1.29 is 19.4 Å². The Balaban J connectivity index is 1.44. The number of hydrogen-bond acceptors (Lipinski definition) is 5. The molecule has 3 heterocycles. The van der Waals surface area contributed by atoms with E-state index >= 15 is 0 Å². The minimum Gasteiger partial charge on any atom is -0.505 e. The largest absolute Gasteiger partial charge is 0.505 e. The number of amides is 2. The second-order valence-electron chi connectivity index (χ2n) is 7.82. The molecule has 8 nitrogen and oxygen atoms in total. The van der Waals surface area contributed by atoms with Crippen LogP contribution in [0.1, 0.15) is 39.7 Å². The zero-order valence-electron chi connectivity index (χ0n) is 15.0. The van der Waals surface area contributed by atoms with Crippen molar-refractivity contribution in [1.29, 1.82) is 0 Å². The molecule has 2 fully saturated rings. The Kier molecular flexibility index (Phi) is 4.62. The second kappa shape index (κ2) is 6.57. The summed E-state index contributed by atoms with van der Waals surface area (Å²) in [6.07, 6.45) is 4.32. The van der Waals surface area contributed by atoms with Crippen molar-refractivity contribution >= 4 is 12.0 Å². The van der Waals surface area contributed by atoms with E-state index in [9.17, 15) is 14.7 Å². The smallest absolute Gasteiger partial charge is 0.410 e. The number of likely N-dealkylation sites (tertiary alicyclic amines) is 2. The third kappa shape index (κ3) is 4.05. The highest BCUT2D eigenvalue weighted by Gasteiger charge is 2.40. The van der Waals surface area contributed by atoms with E-state index in [0.717, 1.165) is 12.8 Å². The highest BCUT2D eigenvalue weighted by molar-refractivity contribution is 5.82. The highest BCUT2D eigenvalue weighted by atomic mass is 16.6. The first-order valence-electron chi connectivity index (χ1n) is 8.73. The SMILES string of the molecule is CC(C)(C)OC(=O)N1CC(C(=O)N2CCC(n3cc(O)cn3)CC2)C1. The molecule has 8 heteroatoms. The summed E-state index contributed by atoms with van der Waals surface area (Å²) in [5, 5.41) is 13.5. The summed E-state index contributed by atoms with van der Waals surface area (Å²) in [7, 11) is 0. The van der Waals surface area contributed by atoms with Crippen LogP contribution in [0.15, 0.2) is 12.4 Å². The number of nitrogens with zero attached hydrogens (tertiary/aromatic N) is 4. The number of rotatable bonds is 2. The van der Waals surface area contributed by atoms with Gasteiger partial charge in [0.25, 0.3) is 0 Å². The lowest BCUT2D eigenvalue weighted by Crippen LogP contribution is -2.58. The molecule has 2 aliphatic heterocycles. The third-order valence-corrected chi connectivity index (χ3v) is 4.62. The summed E-state index contributed by atoms with van der Waals surface area (Å²) >= 11 is 0. The predicted octanol–water partition coefficient (Wildman–Crippen LogP) is 1.62. The van der Waals surface area contributed by atoms with Crippen LogP contribution in [0.25, 0.3) is 0 Å². The van der Waals surface area contributed by atoms with Gasteiger partial charge in [-0.25, -0.2) is 4.79 Å². The fraction of sp³-hybridized carbons (Fsp3) is 0.706. The molecular weight excluding hydrogens is 324 g/mol. The van der Waals surface area contributed by atoms with Crippen LogP contribution >= 0.6 is 0 Å². The van der Waals surface area contributed by atoms with E-state index in [2.05, 4.69) is 5.10 Å². The molecule has 2 aliphatic rings. The zero-order valence-corrected chi connectivity index (χ0v) is 15.0. The van der Waals surface area contributed by atoms with E-state index in [4.69, 9.17) is 4.74 Å². The van der Waals surface area contributed by atoms with Crippen molar-refractivity contribution in [3.05, 3.63) is 12.4 Å². The first kappa shape index (κ1) is 17.6. The fourth-order valence-corrected chi connectivity index (χ4v) is 3.25. The molecule has 0 unspecified atom stereocenters. The van der Waals surface area contributed by atoms with Gasteiger partial charge in [0.15, 0.2) is 5.75 Å². The molecule has 0 bridgehead atoms. The number of piperidine rings is 1. The second-order valence-corrected chi connectivity index (χ2v) is 7.82. The maximum absolute atomic E-state index is 12.6. The van der Waals surface area contributed by atoms with Crippen LogP contribution in [-0.2, 0) is 9.53 Å². The van der Waals surface area contributed by atoms with Gasteiger partial charge in [-0.05, 0) is 33.6 Å². The van der Waals surface area contributed by atoms with Gasteiger partial charge in [0.05, 0.1) is 24.4 Å². The van der Waals surface area contributed by atoms with Crippen molar-refractivity contribution in [2.24, 2.45) is 5.92 Å². The molecule has 2 amide bonds. The topological polar surface area (TPSA) is 87.9 Å². The Morgan fingerprint density at radius 2 is 1.84 bits per heavy atom. The van der Waals surface area contributed by atoms with Gasteiger partial charge in [-0.2, -0.15) is 5.10 Å². The van der Waals surface area contributed by atoms with Crippen molar-refractivity contribution in [1.82, 2.24) is 19.6 Å². The number of aromatic hydroxyl groups is 1. The quantitative estimate of drug-likeness (QED) is 0.876. The van der Waals surface area contributed by atoms with Crippen LogP contribution in [0.3, 0.4) is 0 Å². The van der Waals surface area contributed by atoms with E-state index in [0.29, 0.717) is 26.2 Å². The Hall–Kier alpha value is -2.25. The van der Waals surface area contributed by atoms with Crippen LogP contribution < -0.4 is 0 Å². The standard InChI is InChI=1S/C17H26N4O4/c1-17(2,3)25-16(24)20-9-12(10-20)15(23)19-6-4-13(5-7-19)21-11-14(22)8-18-21/h8,11-13,22H,4-7,9-10H2,1-3H3. The van der Waals surface area contributed by atoms with Gasteiger partial charge in [-0.1, -0.05) is 0 Å². The van der Waals surface area contributed by atoms with Gasteiger partial charge < -0.3 is 19.6 Å². The molecule has 3 rings (SSSR count). The minimum atomic E-state index is -0.519. The summed E-state index contributed by atoms with van der Waals surface area (Å²) in [6.45, 7) is 7.70. The van der Waals surface area contributed by atoms with E-state index < -0.39 is 5.60 Å². The van der Waals surface area contributed by atoms with Crippen molar-refractivity contribution in [2.75, 3.05) is 26.2 Å². The number of ether oxygens (including phenoxy) is 1. The summed E-state index contributed by atoms with van der Waals surface area (Å²) in [4.78, 5) is 28.0. The average molecular weight is 350 g/mol. The average Bonchev–Trinajstić information content (AvgIpc) is 2.90. The number of hydrogen-bond donors (Lipinski definition) is 1. The molecule has 0 saturated carbocycles. The molecule has 1 aromatic rings. The monoisotopic (exact) mass is 350 g/mol. The lowest BCUT2D eigenvalue weighted by Gasteiger charge is -2.42. The molecule has 25 heavy (non-hydrogen) atoms. The van der Waals surface area contributed by atoms with Crippen molar-refractivity contribution in [3.63, 3.8) is 0 Å². The normalized spacial score (nSPS) is 19.6. The van der Waals surface area contributed by atoms with Crippen molar-refractivity contribution in [3.8, 4) is 5.75 Å². The summed E-state index contributed by atoms with van der Waals surface area (Å²) in [5.41, 5.74) is -0.519. The summed E-state index contributed by atoms with van der Waals surface area (Å²) in [6, 6.07) is 0.213. The molecule has 2 saturated heterocycles. The molecule has 138 valence electrons. The Morgan fingerprint density at radius 3 is 2.36 bits per heavy atom. The van der Waals surface area contributed by atoms with Gasteiger partial charge in [0.2, 0.25) is 5.91 Å². The van der Waals surface area contributed by atoms with E-state index in [1.54, 1.807) is 15.8 Å². The third-order valence-electron chi connectivity index (χ3n) is 4.62. The van der Waals surface area contributed by atoms with E-state index in [1.807, 2.05) is 25.7 Å². The maximum Gasteiger partial charge on any atom is 0.410 e.